The van der Waals surface area contributed by atoms with Gasteiger partial charge in [-0.05, 0) is 47.9 Å². The largest absolute Gasteiger partial charge is 0.486 e. The van der Waals surface area contributed by atoms with Crippen molar-refractivity contribution in [2.24, 2.45) is 0 Å². The summed E-state index contributed by atoms with van der Waals surface area (Å²) in [7, 11) is 0. The second-order valence-electron chi connectivity index (χ2n) is 8.13. The molecule has 1 aromatic heterocycles. The summed E-state index contributed by atoms with van der Waals surface area (Å²) in [6.45, 7) is 4.02. The Kier molecular flexibility index (Phi) is 6.53. The van der Waals surface area contributed by atoms with Gasteiger partial charge < -0.3 is 29.1 Å². The smallest absolute Gasteiger partial charge is 0.227 e. The van der Waals surface area contributed by atoms with Crippen molar-refractivity contribution in [1.82, 2.24) is 10.3 Å². The van der Waals surface area contributed by atoms with Crippen molar-refractivity contribution < 1.29 is 23.7 Å². The Hall–Kier alpha value is -4.06. The predicted octanol–water partition coefficient (Wildman–Crippen LogP) is 4.23. The average Bonchev–Trinajstić information content (AvgIpc) is 3.30. The Morgan fingerprint density at radius 3 is 2.74 bits per heavy atom. The van der Waals surface area contributed by atoms with Gasteiger partial charge in [0.05, 0.1) is 6.61 Å². The van der Waals surface area contributed by atoms with E-state index in [-0.39, 0.29) is 13.2 Å². The zero-order chi connectivity index (χ0) is 24.2. The zero-order valence-electron chi connectivity index (χ0n) is 19.3. The predicted molar refractivity (Wildman–Crippen MR) is 131 cm³/mol. The number of benzene rings is 3. The monoisotopic (exact) mass is 471 g/mol. The highest BCUT2D eigenvalue weighted by Gasteiger charge is 2.18. The second-order valence-corrected chi connectivity index (χ2v) is 8.13. The summed E-state index contributed by atoms with van der Waals surface area (Å²) in [5, 5.41) is 21.1. The van der Waals surface area contributed by atoms with Crippen molar-refractivity contribution in [1.29, 1.82) is 5.26 Å². The Morgan fingerprint density at radius 2 is 1.91 bits per heavy atom. The highest BCUT2D eigenvalue weighted by molar-refractivity contribution is 5.82. The molecule has 0 radical (unpaired) electrons. The van der Waals surface area contributed by atoms with E-state index in [1.807, 2.05) is 49.4 Å². The van der Waals surface area contributed by atoms with E-state index < -0.39 is 0 Å². The fourth-order valence-corrected chi connectivity index (χ4v) is 4.19. The number of hydrogen-bond acceptors (Lipinski definition) is 8. The maximum absolute atomic E-state index is 9.07. The topological polar surface area (TPSA) is 110 Å². The van der Waals surface area contributed by atoms with Crippen LogP contribution in [0, 0.1) is 18.3 Å². The SMILES string of the molecule is Cc1c(-c2ccc3c(c2)OCCO3)cccc1-c1nc2cc(CNCCO)c(OCC#N)cc2o1. The minimum absolute atomic E-state index is 0.0315. The summed E-state index contributed by atoms with van der Waals surface area (Å²) in [6.07, 6.45) is 0. The number of oxazole rings is 1. The van der Waals surface area contributed by atoms with Gasteiger partial charge in [0.2, 0.25) is 5.89 Å². The molecule has 0 aliphatic carbocycles. The molecule has 0 spiro atoms. The van der Waals surface area contributed by atoms with Gasteiger partial charge in [0.25, 0.3) is 0 Å². The molecule has 0 bridgehead atoms. The minimum atomic E-state index is -0.0732. The van der Waals surface area contributed by atoms with Gasteiger partial charge in [-0.2, -0.15) is 5.26 Å². The summed E-state index contributed by atoms with van der Waals surface area (Å²) in [5.74, 6) is 2.55. The molecule has 8 heteroatoms. The van der Waals surface area contributed by atoms with Gasteiger partial charge in [0, 0.05) is 30.3 Å². The summed E-state index contributed by atoms with van der Waals surface area (Å²) in [6, 6.07) is 17.6. The highest BCUT2D eigenvalue weighted by atomic mass is 16.6. The Labute approximate surface area is 202 Å². The van der Waals surface area contributed by atoms with Crippen LogP contribution in [0.4, 0.5) is 0 Å². The molecule has 5 rings (SSSR count). The number of rotatable bonds is 8. The standard InChI is InChI=1S/C27H25N3O5/c1-17-20(18-5-6-23-26(14-18)34-12-11-33-23)3-2-4-21(17)27-30-22-13-19(16-29-8-9-31)24(32-10-7-28)15-25(22)35-27/h2-6,13-15,29,31H,8-12,16H2,1H3. The molecule has 0 amide bonds. The number of nitrogens with one attached hydrogen (secondary N) is 1. The van der Waals surface area contributed by atoms with Crippen LogP contribution in [0.25, 0.3) is 33.7 Å². The number of hydrogen-bond donors (Lipinski definition) is 2. The van der Waals surface area contributed by atoms with Crippen molar-refractivity contribution in [3.63, 3.8) is 0 Å². The third kappa shape index (κ3) is 4.64. The number of fused-ring (bicyclic) bond motifs is 2. The lowest BCUT2D eigenvalue weighted by Crippen LogP contribution is -2.18. The maximum Gasteiger partial charge on any atom is 0.227 e. The number of ether oxygens (including phenoxy) is 3. The third-order valence-electron chi connectivity index (χ3n) is 5.88. The van der Waals surface area contributed by atoms with E-state index in [2.05, 4.69) is 11.4 Å². The lowest BCUT2D eigenvalue weighted by Gasteiger charge is -2.19. The molecule has 0 atom stereocenters. The van der Waals surface area contributed by atoms with Crippen LogP contribution in [0.5, 0.6) is 17.2 Å². The summed E-state index contributed by atoms with van der Waals surface area (Å²) < 4.78 is 23.2. The molecule has 2 heterocycles. The van der Waals surface area contributed by atoms with E-state index in [9.17, 15) is 0 Å². The molecule has 0 fully saturated rings. The van der Waals surface area contributed by atoms with E-state index in [1.54, 1.807) is 6.07 Å². The van der Waals surface area contributed by atoms with Crippen LogP contribution in [0.15, 0.2) is 52.9 Å². The molecule has 0 unspecified atom stereocenters. The van der Waals surface area contributed by atoms with Crippen molar-refractivity contribution in [3.05, 3.63) is 59.7 Å². The normalized spacial score (nSPS) is 12.5. The number of nitrogens with zero attached hydrogens (tertiary/aromatic N) is 2. The van der Waals surface area contributed by atoms with Crippen molar-refractivity contribution >= 4 is 11.1 Å². The molecule has 4 aromatic rings. The van der Waals surface area contributed by atoms with Gasteiger partial charge in [-0.1, -0.05) is 18.2 Å². The van der Waals surface area contributed by atoms with Crippen molar-refractivity contribution in [2.75, 3.05) is 33.0 Å². The molecule has 1 aliphatic heterocycles. The number of aliphatic hydroxyl groups is 1. The first-order valence-corrected chi connectivity index (χ1v) is 11.4. The van der Waals surface area contributed by atoms with Crippen LogP contribution in [-0.2, 0) is 6.54 Å². The quantitative estimate of drug-likeness (QED) is 0.368. The molecule has 35 heavy (non-hydrogen) atoms. The number of aromatic nitrogens is 1. The molecule has 0 saturated carbocycles. The first kappa shape index (κ1) is 22.7. The lowest BCUT2D eigenvalue weighted by atomic mass is 9.96. The van der Waals surface area contributed by atoms with Crippen LogP contribution in [0.2, 0.25) is 0 Å². The zero-order valence-corrected chi connectivity index (χ0v) is 19.3. The molecule has 8 nitrogen and oxygen atoms in total. The Morgan fingerprint density at radius 1 is 1.09 bits per heavy atom. The first-order chi connectivity index (χ1) is 17.2. The van der Waals surface area contributed by atoms with E-state index in [4.69, 9.17) is 34.0 Å². The van der Waals surface area contributed by atoms with Crippen LogP contribution < -0.4 is 19.5 Å². The lowest BCUT2D eigenvalue weighted by molar-refractivity contribution is 0.171. The molecule has 2 N–H and O–H groups in total. The summed E-state index contributed by atoms with van der Waals surface area (Å²) >= 11 is 0. The van der Waals surface area contributed by atoms with Gasteiger partial charge in [0.15, 0.2) is 23.7 Å². The van der Waals surface area contributed by atoms with Crippen LogP contribution in [0.3, 0.4) is 0 Å². The summed E-state index contributed by atoms with van der Waals surface area (Å²) in [5.41, 5.74) is 6.08. The van der Waals surface area contributed by atoms with E-state index in [0.29, 0.717) is 49.0 Å². The van der Waals surface area contributed by atoms with Crippen LogP contribution >= 0.6 is 0 Å². The molecule has 3 aromatic carbocycles. The summed E-state index contributed by atoms with van der Waals surface area (Å²) in [4.78, 5) is 4.75. The van der Waals surface area contributed by atoms with E-state index in [0.717, 1.165) is 39.3 Å². The van der Waals surface area contributed by atoms with Crippen molar-refractivity contribution in [2.45, 2.75) is 13.5 Å². The van der Waals surface area contributed by atoms with Crippen molar-refractivity contribution in [3.8, 4) is 45.9 Å². The van der Waals surface area contributed by atoms with Gasteiger partial charge in [-0.25, -0.2) is 4.98 Å². The van der Waals surface area contributed by atoms with Gasteiger partial charge in [0.1, 0.15) is 30.5 Å². The fourth-order valence-electron chi connectivity index (χ4n) is 4.19. The van der Waals surface area contributed by atoms with Gasteiger partial charge in [-0.15, -0.1) is 0 Å². The number of aliphatic hydroxyl groups excluding tert-OH is 1. The molecular weight excluding hydrogens is 446 g/mol. The van der Waals surface area contributed by atoms with E-state index in [1.165, 1.54) is 0 Å². The average molecular weight is 472 g/mol. The molecule has 1 aliphatic rings. The van der Waals surface area contributed by atoms with Crippen LogP contribution in [-0.4, -0.2) is 43.1 Å². The fraction of sp³-hybridized carbons (Fsp3) is 0.259. The molecule has 0 saturated heterocycles. The first-order valence-electron chi connectivity index (χ1n) is 11.4. The van der Waals surface area contributed by atoms with Gasteiger partial charge >= 0.3 is 0 Å². The molecule has 178 valence electrons. The number of nitriles is 1. The van der Waals surface area contributed by atoms with Crippen LogP contribution in [0.1, 0.15) is 11.1 Å². The molecular formula is C27H25N3O5. The Balaban J connectivity index is 1.52. The van der Waals surface area contributed by atoms with E-state index >= 15 is 0 Å². The highest BCUT2D eigenvalue weighted by Crippen LogP contribution is 2.38. The maximum atomic E-state index is 9.07. The Bertz CT molecular complexity index is 1410. The second kappa shape index (κ2) is 10.1. The third-order valence-corrected chi connectivity index (χ3v) is 5.88. The minimum Gasteiger partial charge on any atom is -0.486 e. The van der Waals surface area contributed by atoms with Gasteiger partial charge in [-0.3, -0.25) is 0 Å².